The van der Waals surface area contributed by atoms with Gasteiger partial charge in [-0.2, -0.15) is 0 Å². The van der Waals surface area contributed by atoms with Gasteiger partial charge >= 0.3 is 0 Å². The van der Waals surface area contributed by atoms with Crippen LogP contribution in [0.1, 0.15) is 38.5 Å². The summed E-state index contributed by atoms with van der Waals surface area (Å²) in [4.78, 5) is 0. The molecule has 92 valence electrons. The van der Waals surface area contributed by atoms with E-state index in [0.717, 1.165) is 12.0 Å². The molecule has 0 radical (unpaired) electrons. The summed E-state index contributed by atoms with van der Waals surface area (Å²) in [5, 5.41) is 8.91. The lowest BCUT2D eigenvalue weighted by Gasteiger charge is -2.34. The minimum Gasteiger partial charge on any atom is -0.314 e. The van der Waals surface area contributed by atoms with E-state index in [2.05, 4.69) is 15.3 Å². The molecule has 1 atom stereocenters. The molecule has 2 heterocycles. The van der Waals surface area contributed by atoms with Gasteiger partial charge in [0.2, 0.25) is 0 Å². The lowest BCUT2D eigenvalue weighted by atomic mass is 10.1. The Labute approximate surface area is 99.1 Å². The van der Waals surface area contributed by atoms with Gasteiger partial charge < -0.3 is 5.32 Å². The van der Waals surface area contributed by atoms with Crippen molar-refractivity contribution in [3.63, 3.8) is 0 Å². The fraction of sp³-hybridized carbons (Fsp3) is 1.00. The van der Waals surface area contributed by atoms with Crippen LogP contribution in [0.4, 0.5) is 0 Å². The highest BCUT2D eigenvalue weighted by molar-refractivity contribution is 4.84. The van der Waals surface area contributed by atoms with E-state index < -0.39 is 0 Å². The normalized spacial score (nSPS) is 33.4. The van der Waals surface area contributed by atoms with Gasteiger partial charge in [-0.15, -0.1) is 0 Å². The SMILES string of the molecule is C1CCN(N2CCC(CNC3CC3)C2)CC1. The summed E-state index contributed by atoms with van der Waals surface area (Å²) in [5.41, 5.74) is 0. The standard InChI is InChI=1S/C13H25N3/c1-2-7-15(8-3-1)16-9-6-12(11-16)10-14-13-4-5-13/h12-14H,1-11H2. The Morgan fingerprint density at radius 1 is 0.875 bits per heavy atom. The van der Waals surface area contributed by atoms with Crippen molar-refractivity contribution in [3.8, 4) is 0 Å². The zero-order valence-corrected chi connectivity index (χ0v) is 10.3. The monoisotopic (exact) mass is 223 g/mol. The number of hydrazine groups is 1. The third-order valence-electron chi connectivity index (χ3n) is 4.27. The third kappa shape index (κ3) is 2.76. The number of hydrogen-bond donors (Lipinski definition) is 1. The Kier molecular flexibility index (Phi) is 3.46. The first-order valence-electron chi connectivity index (χ1n) is 7.15. The van der Waals surface area contributed by atoms with Crippen LogP contribution in [0.15, 0.2) is 0 Å². The molecule has 0 spiro atoms. The average molecular weight is 223 g/mol. The van der Waals surface area contributed by atoms with Gasteiger partial charge in [0.25, 0.3) is 0 Å². The highest BCUT2D eigenvalue weighted by Crippen LogP contribution is 2.23. The van der Waals surface area contributed by atoms with Crippen molar-refractivity contribution >= 4 is 0 Å². The fourth-order valence-corrected chi connectivity index (χ4v) is 3.02. The van der Waals surface area contributed by atoms with Gasteiger partial charge in [-0.25, -0.2) is 10.0 Å². The second-order valence-electron chi connectivity index (χ2n) is 5.76. The van der Waals surface area contributed by atoms with Crippen LogP contribution in [0.5, 0.6) is 0 Å². The predicted octanol–water partition coefficient (Wildman–Crippen LogP) is 1.46. The summed E-state index contributed by atoms with van der Waals surface area (Å²) in [5.74, 6) is 0.905. The molecule has 16 heavy (non-hydrogen) atoms. The second kappa shape index (κ2) is 5.03. The number of piperidine rings is 1. The summed E-state index contributed by atoms with van der Waals surface area (Å²) in [7, 11) is 0. The number of nitrogens with one attached hydrogen (secondary N) is 1. The molecular weight excluding hydrogens is 198 g/mol. The zero-order chi connectivity index (χ0) is 10.8. The van der Waals surface area contributed by atoms with Crippen molar-refractivity contribution in [2.24, 2.45) is 5.92 Å². The fourth-order valence-electron chi connectivity index (χ4n) is 3.02. The molecule has 3 rings (SSSR count). The maximum Gasteiger partial charge on any atom is 0.0174 e. The van der Waals surface area contributed by atoms with Crippen LogP contribution in [-0.4, -0.2) is 48.8 Å². The molecule has 2 saturated heterocycles. The maximum atomic E-state index is 3.68. The number of hydrogen-bond acceptors (Lipinski definition) is 3. The molecule has 1 unspecified atom stereocenters. The lowest BCUT2D eigenvalue weighted by Crippen LogP contribution is -2.44. The van der Waals surface area contributed by atoms with Crippen LogP contribution in [0, 0.1) is 5.92 Å². The molecule has 1 aliphatic carbocycles. The van der Waals surface area contributed by atoms with Gasteiger partial charge in [0.05, 0.1) is 0 Å². The summed E-state index contributed by atoms with van der Waals surface area (Å²) in [6.07, 6.45) is 8.49. The van der Waals surface area contributed by atoms with Gasteiger partial charge in [-0.3, -0.25) is 0 Å². The van der Waals surface area contributed by atoms with E-state index in [1.807, 2.05) is 0 Å². The summed E-state index contributed by atoms with van der Waals surface area (Å²) in [6.45, 7) is 6.48. The van der Waals surface area contributed by atoms with Gasteiger partial charge in [-0.05, 0) is 44.6 Å². The number of nitrogens with zero attached hydrogens (tertiary/aromatic N) is 2. The molecule has 3 fully saturated rings. The van der Waals surface area contributed by atoms with E-state index in [-0.39, 0.29) is 0 Å². The molecular formula is C13H25N3. The van der Waals surface area contributed by atoms with Crippen LogP contribution in [0.25, 0.3) is 0 Å². The minimum atomic E-state index is 0.879. The molecule has 0 aromatic rings. The molecule has 3 aliphatic rings. The van der Waals surface area contributed by atoms with Crippen molar-refractivity contribution in [3.05, 3.63) is 0 Å². The third-order valence-corrected chi connectivity index (χ3v) is 4.27. The molecule has 3 heteroatoms. The quantitative estimate of drug-likeness (QED) is 0.778. The van der Waals surface area contributed by atoms with E-state index in [9.17, 15) is 0 Å². The van der Waals surface area contributed by atoms with Gasteiger partial charge in [0, 0.05) is 32.2 Å². The molecule has 0 aromatic carbocycles. The van der Waals surface area contributed by atoms with Crippen LogP contribution >= 0.6 is 0 Å². The average Bonchev–Trinajstić information content (AvgIpc) is 3.05. The Hall–Kier alpha value is -0.120. The smallest absolute Gasteiger partial charge is 0.0174 e. The van der Waals surface area contributed by atoms with E-state index in [1.165, 1.54) is 71.2 Å². The maximum absolute atomic E-state index is 3.68. The molecule has 1 saturated carbocycles. The van der Waals surface area contributed by atoms with Gasteiger partial charge in [0.1, 0.15) is 0 Å². The molecule has 1 N–H and O–H groups in total. The second-order valence-corrected chi connectivity index (χ2v) is 5.76. The molecule has 3 nitrogen and oxygen atoms in total. The molecule has 0 aromatic heterocycles. The highest BCUT2D eigenvalue weighted by Gasteiger charge is 2.29. The summed E-state index contributed by atoms with van der Waals surface area (Å²) in [6, 6.07) is 0.879. The van der Waals surface area contributed by atoms with E-state index in [4.69, 9.17) is 0 Å². The molecule has 0 bridgehead atoms. The highest BCUT2D eigenvalue weighted by atomic mass is 15.6. The Balaban J connectivity index is 1.40. The first-order chi connectivity index (χ1) is 7.92. The van der Waals surface area contributed by atoms with E-state index in [1.54, 1.807) is 0 Å². The van der Waals surface area contributed by atoms with Gasteiger partial charge in [0.15, 0.2) is 0 Å². The van der Waals surface area contributed by atoms with Crippen molar-refractivity contribution in [2.75, 3.05) is 32.7 Å². The Morgan fingerprint density at radius 2 is 1.69 bits per heavy atom. The molecule has 0 amide bonds. The van der Waals surface area contributed by atoms with Gasteiger partial charge in [-0.1, -0.05) is 6.42 Å². The zero-order valence-electron chi connectivity index (χ0n) is 10.3. The minimum absolute atomic E-state index is 0.879. The van der Waals surface area contributed by atoms with E-state index in [0.29, 0.717) is 0 Å². The largest absolute Gasteiger partial charge is 0.314 e. The van der Waals surface area contributed by atoms with Crippen LogP contribution in [0.2, 0.25) is 0 Å². The van der Waals surface area contributed by atoms with Crippen molar-refractivity contribution < 1.29 is 0 Å². The van der Waals surface area contributed by atoms with Crippen molar-refractivity contribution in [2.45, 2.75) is 44.6 Å². The summed E-state index contributed by atoms with van der Waals surface area (Å²) < 4.78 is 0. The van der Waals surface area contributed by atoms with Crippen LogP contribution in [-0.2, 0) is 0 Å². The predicted molar refractivity (Wildman–Crippen MR) is 66.1 cm³/mol. The Morgan fingerprint density at radius 3 is 2.44 bits per heavy atom. The topological polar surface area (TPSA) is 18.5 Å². The van der Waals surface area contributed by atoms with E-state index >= 15 is 0 Å². The molecule has 2 aliphatic heterocycles. The Bertz CT molecular complexity index is 221. The summed E-state index contributed by atoms with van der Waals surface area (Å²) >= 11 is 0. The van der Waals surface area contributed by atoms with Crippen molar-refractivity contribution in [1.82, 2.24) is 15.3 Å². The first kappa shape index (κ1) is 11.0. The lowest BCUT2D eigenvalue weighted by molar-refractivity contribution is -0.0218. The van der Waals surface area contributed by atoms with Crippen LogP contribution in [0.3, 0.4) is 0 Å². The van der Waals surface area contributed by atoms with Crippen molar-refractivity contribution in [1.29, 1.82) is 0 Å². The number of rotatable bonds is 4. The van der Waals surface area contributed by atoms with Crippen LogP contribution < -0.4 is 5.32 Å². The first-order valence-corrected chi connectivity index (χ1v) is 7.15.